The molecule has 14 heavy (non-hydrogen) atoms. The zero-order valence-electron chi connectivity index (χ0n) is 9.76. The molecule has 82 valence electrons. The molecule has 3 unspecified atom stereocenters. The minimum absolute atomic E-state index is 0.829. The van der Waals surface area contributed by atoms with Crippen LogP contribution in [0.4, 0.5) is 0 Å². The molecule has 0 saturated heterocycles. The Morgan fingerprint density at radius 1 is 1.00 bits per heavy atom. The van der Waals surface area contributed by atoms with Crippen LogP contribution in [0, 0.1) is 17.8 Å². The summed E-state index contributed by atoms with van der Waals surface area (Å²) < 4.78 is 0. The predicted molar refractivity (Wildman–Crippen MR) is 61.3 cm³/mol. The third-order valence-corrected chi connectivity index (χ3v) is 4.63. The van der Waals surface area contributed by atoms with Gasteiger partial charge in [-0.2, -0.15) is 0 Å². The van der Waals surface area contributed by atoms with Gasteiger partial charge in [0.2, 0.25) is 0 Å². The van der Waals surface area contributed by atoms with Gasteiger partial charge in [-0.15, -0.1) is 0 Å². The van der Waals surface area contributed by atoms with Crippen molar-refractivity contribution in [2.75, 3.05) is 7.05 Å². The Kier molecular flexibility index (Phi) is 3.48. The lowest BCUT2D eigenvalue weighted by Gasteiger charge is -2.31. The highest BCUT2D eigenvalue weighted by Gasteiger charge is 2.35. The van der Waals surface area contributed by atoms with Crippen LogP contribution in [-0.2, 0) is 0 Å². The molecule has 0 heterocycles. The van der Waals surface area contributed by atoms with Crippen LogP contribution >= 0.6 is 0 Å². The Hall–Kier alpha value is -0.0400. The Bertz CT molecular complexity index is 172. The van der Waals surface area contributed by atoms with E-state index >= 15 is 0 Å². The maximum absolute atomic E-state index is 3.62. The van der Waals surface area contributed by atoms with Gasteiger partial charge in [0, 0.05) is 6.04 Å². The van der Waals surface area contributed by atoms with E-state index in [0.717, 1.165) is 23.8 Å². The van der Waals surface area contributed by atoms with Crippen molar-refractivity contribution in [3.63, 3.8) is 0 Å². The molecule has 2 saturated carbocycles. The van der Waals surface area contributed by atoms with Crippen LogP contribution in [0.15, 0.2) is 0 Å². The van der Waals surface area contributed by atoms with Crippen LogP contribution < -0.4 is 5.32 Å². The highest BCUT2D eigenvalue weighted by atomic mass is 14.9. The summed E-state index contributed by atoms with van der Waals surface area (Å²) in [5.41, 5.74) is 0. The molecule has 0 amide bonds. The van der Waals surface area contributed by atoms with Crippen molar-refractivity contribution in [3.8, 4) is 0 Å². The normalized spacial score (nSPS) is 36.4. The van der Waals surface area contributed by atoms with Crippen molar-refractivity contribution >= 4 is 0 Å². The van der Waals surface area contributed by atoms with Crippen molar-refractivity contribution in [1.29, 1.82) is 0 Å². The van der Waals surface area contributed by atoms with Gasteiger partial charge in [-0.05, 0) is 44.1 Å². The molecular weight excluding hydrogens is 170 g/mol. The standard InChI is InChI=1S/C13H25N/c1-10-6-5-9-12(10)13(14-2)11-7-3-4-8-11/h10-14H,3-9H2,1-2H3. The highest BCUT2D eigenvalue weighted by molar-refractivity contribution is 4.90. The van der Waals surface area contributed by atoms with Gasteiger partial charge in [-0.1, -0.05) is 32.6 Å². The smallest absolute Gasteiger partial charge is 0.0123 e. The summed E-state index contributed by atoms with van der Waals surface area (Å²) in [6, 6.07) is 0.829. The van der Waals surface area contributed by atoms with E-state index < -0.39 is 0 Å². The molecule has 2 fully saturated rings. The third-order valence-electron chi connectivity index (χ3n) is 4.63. The third kappa shape index (κ3) is 1.98. The number of hydrogen-bond donors (Lipinski definition) is 1. The van der Waals surface area contributed by atoms with E-state index in [1.165, 1.54) is 44.9 Å². The SMILES string of the molecule is CNC(C1CCCC1)C1CCCC1C. The Morgan fingerprint density at radius 2 is 1.71 bits per heavy atom. The second-order valence-corrected chi connectivity index (χ2v) is 5.43. The van der Waals surface area contributed by atoms with Crippen molar-refractivity contribution in [3.05, 3.63) is 0 Å². The molecule has 1 N–H and O–H groups in total. The second kappa shape index (κ2) is 4.65. The van der Waals surface area contributed by atoms with Crippen LogP contribution in [0.3, 0.4) is 0 Å². The molecule has 2 rings (SSSR count). The van der Waals surface area contributed by atoms with Crippen molar-refractivity contribution in [2.45, 2.75) is 57.9 Å². The molecule has 0 bridgehead atoms. The lowest BCUT2D eigenvalue weighted by molar-refractivity contribution is 0.233. The maximum atomic E-state index is 3.62. The number of rotatable bonds is 3. The van der Waals surface area contributed by atoms with Crippen LogP contribution in [0.2, 0.25) is 0 Å². The van der Waals surface area contributed by atoms with Gasteiger partial charge in [0.05, 0.1) is 0 Å². The average Bonchev–Trinajstić information content (AvgIpc) is 2.80. The molecule has 0 aromatic heterocycles. The van der Waals surface area contributed by atoms with E-state index in [0.29, 0.717) is 0 Å². The first-order chi connectivity index (χ1) is 6.83. The molecular formula is C13H25N. The van der Waals surface area contributed by atoms with Gasteiger partial charge >= 0.3 is 0 Å². The summed E-state index contributed by atoms with van der Waals surface area (Å²) in [5.74, 6) is 2.93. The Balaban J connectivity index is 1.96. The molecule has 0 aliphatic heterocycles. The van der Waals surface area contributed by atoms with E-state index in [2.05, 4.69) is 19.3 Å². The molecule has 0 aromatic rings. The topological polar surface area (TPSA) is 12.0 Å². The molecule has 1 heteroatoms. The maximum Gasteiger partial charge on any atom is 0.0123 e. The van der Waals surface area contributed by atoms with Crippen LogP contribution in [-0.4, -0.2) is 13.1 Å². The fraction of sp³-hybridized carbons (Fsp3) is 1.00. The van der Waals surface area contributed by atoms with Crippen molar-refractivity contribution < 1.29 is 0 Å². The lowest BCUT2D eigenvalue weighted by Crippen LogP contribution is -2.40. The van der Waals surface area contributed by atoms with E-state index in [4.69, 9.17) is 0 Å². The Labute approximate surface area is 88.7 Å². The molecule has 2 aliphatic rings. The van der Waals surface area contributed by atoms with Gasteiger partial charge in [0.15, 0.2) is 0 Å². The number of hydrogen-bond acceptors (Lipinski definition) is 1. The van der Waals surface area contributed by atoms with Gasteiger partial charge in [-0.25, -0.2) is 0 Å². The summed E-state index contributed by atoms with van der Waals surface area (Å²) in [6.07, 6.45) is 10.3. The van der Waals surface area contributed by atoms with E-state index in [1.54, 1.807) is 0 Å². The fourth-order valence-corrected chi connectivity index (χ4v) is 3.82. The minimum atomic E-state index is 0.829. The van der Waals surface area contributed by atoms with Crippen molar-refractivity contribution in [2.24, 2.45) is 17.8 Å². The summed E-state index contributed by atoms with van der Waals surface area (Å²) >= 11 is 0. The highest BCUT2D eigenvalue weighted by Crippen LogP contribution is 2.40. The quantitative estimate of drug-likeness (QED) is 0.729. The molecule has 1 nitrogen and oxygen atoms in total. The lowest BCUT2D eigenvalue weighted by atomic mass is 9.82. The van der Waals surface area contributed by atoms with E-state index in [9.17, 15) is 0 Å². The predicted octanol–water partition coefficient (Wildman–Crippen LogP) is 3.20. The Morgan fingerprint density at radius 3 is 2.21 bits per heavy atom. The first-order valence-corrected chi connectivity index (χ1v) is 6.50. The van der Waals surface area contributed by atoms with Gasteiger partial charge in [0.1, 0.15) is 0 Å². The summed E-state index contributed by atoms with van der Waals surface area (Å²) in [7, 11) is 2.17. The van der Waals surface area contributed by atoms with E-state index in [1.807, 2.05) is 0 Å². The van der Waals surface area contributed by atoms with E-state index in [-0.39, 0.29) is 0 Å². The fourth-order valence-electron chi connectivity index (χ4n) is 3.82. The van der Waals surface area contributed by atoms with Crippen LogP contribution in [0.1, 0.15) is 51.9 Å². The zero-order valence-corrected chi connectivity index (χ0v) is 9.76. The molecule has 0 spiro atoms. The summed E-state index contributed by atoms with van der Waals surface area (Å²) in [4.78, 5) is 0. The van der Waals surface area contributed by atoms with Crippen LogP contribution in [0.25, 0.3) is 0 Å². The summed E-state index contributed by atoms with van der Waals surface area (Å²) in [6.45, 7) is 2.46. The van der Waals surface area contributed by atoms with Gasteiger partial charge in [-0.3, -0.25) is 0 Å². The van der Waals surface area contributed by atoms with Gasteiger partial charge in [0.25, 0.3) is 0 Å². The largest absolute Gasteiger partial charge is 0.316 e. The van der Waals surface area contributed by atoms with Crippen molar-refractivity contribution in [1.82, 2.24) is 5.32 Å². The monoisotopic (exact) mass is 195 g/mol. The minimum Gasteiger partial charge on any atom is -0.316 e. The number of nitrogens with one attached hydrogen (secondary N) is 1. The second-order valence-electron chi connectivity index (χ2n) is 5.43. The summed E-state index contributed by atoms with van der Waals surface area (Å²) in [5, 5.41) is 3.62. The first-order valence-electron chi connectivity index (χ1n) is 6.50. The molecule has 2 aliphatic carbocycles. The zero-order chi connectivity index (χ0) is 9.97. The van der Waals surface area contributed by atoms with Crippen LogP contribution in [0.5, 0.6) is 0 Å². The first kappa shape index (κ1) is 10.5. The molecule has 0 radical (unpaired) electrons. The average molecular weight is 195 g/mol. The van der Waals surface area contributed by atoms with Gasteiger partial charge < -0.3 is 5.32 Å². The molecule has 3 atom stereocenters. The molecule has 0 aromatic carbocycles.